The minimum Gasteiger partial charge on any atom is -0.352 e. The summed E-state index contributed by atoms with van der Waals surface area (Å²) in [6, 6.07) is 7.70. The summed E-state index contributed by atoms with van der Waals surface area (Å²) in [5, 5.41) is 13.5. The fourth-order valence-corrected chi connectivity index (χ4v) is 2.69. The molecule has 8 heteroatoms. The van der Waals surface area contributed by atoms with Gasteiger partial charge in [0, 0.05) is 23.7 Å². The molecule has 5 nitrogen and oxygen atoms in total. The molecule has 0 heterocycles. The minimum atomic E-state index is -0.677. The number of rotatable bonds is 6. The van der Waals surface area contributed by atoms with Crippen molar-refractivity contribution in [1.82, 2.24) is 5.32 Å². The van der Waals surface area contributed by atoms with E-state index in [2.05, 4.69) is 5.32 Å². The molecule has 1 N–H and O–H groups in total. The van der Waals surface area contributed by atoms with E-state index in [0.29, 0.717) is 4.90 Å². The van der Waals surface area contributed by atoms with Gasteiger partial charge < -0.3 is 5.32 Å². The Morgan fingerprint density at radius 2 is 1.92 bits per heavy atom. The van der Waals surface area contributed by atoms with Gasteiger partial charge in [-0.15, -0.1) is 11.8 Å². The molecule has 0 aliphatic rings. The molecule has 0 aromatic heterocycles. The number of nitro groups is 1. The number of carbonyl (C=O) groups is 1. The van der Waals surface area contributed by atoms with Crippen LogP contribution in [0.3, 0.4) is 0 Å². The first kappa shape index (κ1) is 17.9. The van der Waals surface area contributed by atoms with Crippen LogP contribution in [0.4, 0.5) is 14.5 Å². The van der Waals surface area contributed by atoms with Crippen molar-refractivity contribution in [3.63, 3.8) is 0 Å². The average molecular weight is 352 g/mol. The normalized spacial score (nSPS) is 10.5. The molecular weight excluding hydrogens is 338 g/mol. The zero-order valence-corrected chi connectivity index (χ0v) is 13.5. The number of hydrogen-bond donors (Lipinski definition) is 1. The van der Waals surface area contributed by atoms with E-state index >= 15 is 0 Å². The highest BCUT2D eigenvalue weighted by atomic mass is 32.2. The maximum Gasteiger partial charge on any atom is 0.283 e. The molecule has 0 atom stereocenters. The third-order valence-electron chi connectivity index (χ3n) is 3.36. The van der Waals surface area contributed by atoms with Crippen LogP contribution in [-0.4, -0.2) is 23.6 Å². The van der Waals surface area contributed by atoms with E-state index in [-0.39, 0.29) is 29.8 Å². The minimum absolute atomic E-state index is 0.00869. The van der Waals surface area contributed by atoms with E-state index in [1.54, 1.807) is 6.26 Å². The Labute approximate surface area is 141 Å². The lowest BCUT2D eigenvalue weighted by Gasteiger charge is -2.08. The lowest BCUT2D eigenvalue weighted by Crippen LogP contribution is -2.26. The van der Waals surface area contributed by atoms with Gasteiger partial charge in [-0.05, 0) is 36.9 Å². The van der Waals surface area contributed by atoms with Gasteiger partial charge in [0.2, 0.25) is 0 Å². The maximum atomic E-state index is 13.5. The van der Waals surface area contributed by atoms with Crippen LogP contribution in [0.25, 0.3) is 0 Å². The molecule has 0 aliphatic heterocycles. The molecule has 24 heavy (non-hydrogen) atoms. The average Bonchev–Trinajstić information content (AvgIpc) is 2.56. The lowest BCUT2D eigenvalue weighted by atomic mass is 10.1. The van der Waals surface area contributed by atoms with Crippen molar-refractivity contribution in [1.29, 1.82) is 0 Å². The summed E-state index contributed by atoms with van der Waals surface area (Å²) in [6.07, 6.45) is 1.68. The smallest absolute Gasteiger partial charge is 0.283 e. The second-order valence-electron chi connectivity index (χ2n) is 4.85. The molecule has 0 radical (unpaired) electrons. The van der Waals surface area contributed by atoms with Crippen molar-refractivity contribution >= 4 is 23.4 Å². The Bertz CT molecular complexity index is 764. The highest BCUT2D eigenvalue weighted by Gasteiger charge is 2.17. The highest BCUT2D eigenvalue weighted by Crippen LogP contribution is 2.28. The molecule has 0 saturated carbocycles. The van der Waals surface area contributed by atoms with Crippen molar-refractivity contribution in [2.45, 2.75) is 11.3 Å². The first-order chi connectivity index (χ1) is 11.4. The van der Waals surface area contributed by atoms with Crippen LogP contribution in [-0.2, 0) is 6.42 Å². The van der Waals surface area contributed by atoms with Crippen LogP contribution >= 0.6 is 11.8 Å². The van der Waals surface area contributed by atoms with Gasteiger partial charge in [0.1, 0.15) is 11.6 Å². The summed E-state index contributed by atoms with van der Waals surface area (Å²) in [7, 11) is 0. The molecule has 0 aliphatic carbocycles. The number of nitrogens with zero attached hydrogens (tertiary/aromatic N) is 1. The van der Waals surface area contributed by atoms with Gasteiger partial charge in [-0.3, -0.25) is 14.9 Å². The van der Waals surface area contributed by atoms with Crippen LogP contribution in [0.15, 0.2) is 41.3 Å². The van der Waals surface area contributed by atoms with Crippen LogP contribution in [0.5, 0.6) is 0 Å². The number of halogens is 2. The van der Waals surface area contributed by atoms with Gasteiger partial charge in [-0.1, -0.05) is 6.07 Å². The molecule has 0 saturated heterocycles. The first-order valence-electron chi connectivity index (χ1n) is 6.97. The Balaban J connectivity index is 2.05. The molecule has 2 aromatic carbocycles. The largest absolute Gasteiger partial charge is 0.352 e. The summed E-state index contributed by atoms with van der Waals surface area (Å²) in [6.45, 7) is 0.00869. The van der Waals surface area contributed by atoms with E-state index in [1.165, 1.54) is 36.0 Å². The molecule has 2 rings (SSSR count). The number of amides is 1. The summed E-state index contributed by atoms with van der Waals surface area (Å²) in [5.41, 5.74) is -0.148. The number of thioether (sulfide) groups is 1. The van der Waals surface area contributed by atoms with Crippen LogP contribution in [0, 0.1) is 21.7 Å². The predicted molar refractivity (Wildman–Crippen MR) is 87.3 cm³/mol. The fourth-order valence-electron chi connectivity index (χ4n) is 2.15. The summed E-state index contributed by atoms with van der Waals surface area (Å²) in [5.74, 6) is -1.89. The number of nitrogens with one attached hydrogen (secondary N) is 1. The van der Waals surface area contributed by atoms with Gasteiger partial charge in [-0.2, -0.15) is 0 Å². The molecular formula is C16H14F2N2O3S. The molecule has 0 fully saturated rings. The zero-order chi connectivity index (χ0) is 17.7. The van der Waals surface area contributed by atoms with Crippen molar-refractivity contribution in [3.8, 4) is 0 Å². The Kier molecular flexibility index (Phi) is 5.86. The number of carbonyl (C=O) groups excluding carboxylic acids is 1. The topological polar surface area (TPSA) is 72.2 Å². The number of benzene rings is 2. The fraction of sp³-hybridized carbons (Fsp3) is 0.188. The molecule has 2 aromatic rings. The third kappa shape index (κ3) is 4.08. The number of hydrogen-bond acceptors (Lipinski definition) is 4. The lowest BCUT2D eigenvalue weighted by molar-refractivity contribution is -0.387. The monoisotopic (exact) mass is 352 g/mol. The van der Waals surface area contributed by atoms with E-state index in [4.69, 9.17) is 0 Å². The first-order valence-corrected chi connectivity index (χ1v) is 8.20. The Hall–Kier alpha value is -2.48. The van der Waals surface area contributed by atoms with Gasteiger partial charge in [-0.25, -0.2) is 8.78 Å². The summed E-state index contributed by atoms with van der Waals surface area (Å²) < 4.78 is 27.0. The summed E-state index contributed by atoms with van der Waals surface area (Å²) >= 11 is 1.21. The maximum absolute atomic E-state index is 13.5. The zero-order valence-electron chi connectivity index (χ0n) is 12.7. The van der Waals surface area contributed by atoms with Gasteiger partial charge in [0.05, 0.1) is 9.82 Å². The van der Waals surface area contributed by atoms with E-state index < -0.39 is 22.5 Å². The van der Waals surface area contributed by atoms with Crippen molar-refractivity contribution < 1.29 is 18.5 Å². The second kappa shape index (κ2) is 7.87. The van der Waals surface area contributed by atoms with Crippen molar-refractivity contribution in [2.24, 2.45) is 0 Å². The Morgan fingerprint density at radius 3 is 2.50 bits per heavy atom. The Morgan fingerprint density at radius 1 is 1.25 bits per heavy atom. The molecule has 0 unspecified atom stereocenters. The van der Waals surface area contributed by atoms with Crippen LogP contribution < -0.4 is 5.32 Å². The second-order valence-corrected chi connectivity index (χ2v) is 5.70. The van der Waals surface area contributed by atoms with Crippen LogP contribution in [0.1, 0.15) is 15.9 Å². The molecule has 0 bridgehead atoms. The SMILES string of the molecule is CSc1ccc(C(=O)NCCc2c(F)cccc2F)cc1[N+](=O)[O-]. The standard InChI is InChI=1S/C16H14F2N2O3S/c1-24-15-6-5-10(9-14(15)20(22)23)16(21)19-8-7-11-12(17)3-2-4-13(11)18/h2-6,9H,7-8H2,1H3,(H,19,21). The van der Waals surface area contributed by atoms with E-state index in [9.17, 15) is 23.7 Å². The van der Waals surface area contributed by atoms with Gasteiger partial charge >= 0.3 is 0 Å². The summed E-state index contributed by atoms with van der Waals surface area (Å²) in [4.78, 5) is 22.9. The van der Waals surface area contributed by atoms with Crippen molar-refractivity contribution in [3.05, 3.63) is 69.3 Å². The van der Waals surface area contributed by atoms with E-state index in [1.807, 2.05) is 0 Å². The third-order valence-corrected chi connectivity index (χ3v) is 4.15. The van der Waals surface area contributed by atoms with Crippen molar-refractivity contribution in [2.75, 3.05) is 12.8 Å². The van der Waals surface area contributed by atoms with Gasteiger partial charge in [0.15, 0.2) is 0 Å². The molecule has 126 valence electrons. The van der Waals surface area contributed by atoms with Gasteiger partial charge in [0.25, 0.3) is 11.6 Å². The molecule has 0 spiro atoms. The van der Waals surface area contributed by atoms with Crippen LogP contribution in [0.2, 0.25) is 0 Å². The highest BCUT2D eigenvalue weighted by molar-refractivity contribution is 7.98. The van der Waals surface area contributed by atoms with E-state index in [0.717, 1.165) is 12.1 Å². The quantitative estimate of drug-likeness (QED) is 0.490. The molecule has 1 amide bonds. The predicted octanol–water partition coefficient (Wildman–Crippen LogP) is 3.57. The number of nitro benzene ring substituents is 1.